The normalized spacial score (nSPS) is 18.0. The van der Waals surface area contributed by atoms with Gasteiger partial charge in [-0.25, -0.2) is 0 Å². The van der Waals surface area contributed by atoms with Crippen molar-refractivity contribution in [1.29, 1.82) is 0 Å². The molecule has 3 heteroatoms. The number of benzene rings is 1. The van der Waals surface area contributed by atoms with Crippen molar-refractivity contribution in [3.8, 4) is 5.75 Å². The lowest BCUT2D eigenvalue weighted by molar-refractivity contribution is 0.205. The minimum absolute atomic E-state index is 0.403. The van der Waals surface area contributed by atoms with Crippen molar-refractivity contribution in [2.45, 2.75) is 39.3 Å². The first-order valence-corrected chi connectivity index (χ1v) is 6.72. The Morgan fingerprint density at radius 3 is 2.28 bits per heavy atom. The Balaban J connectivity index is 2.06. The number of aryl methyl sites for hydroxylation is 2. The molecule has 1 aromatic carbocycles. The van der Waals surface area contributed by atoms with Crippen LogP contribution in [0.25, 0.3) is 0 Å². The van der Waals surface area contributed by atoms with Crippen molar-refractivity contribution in [1.82, 2.24) is 4.90 Å². The van der Waals surface area contributed by atoms with Crippen molar-refractivity contribution in [3.05, 3.63) is 28.8 Å². The number of hydrogen-bond acceptors (Lipinski definition) is 3. The fourth-order valence-corrected chi connectivity index (χ4v) is 2.82. The Morgan fingerprint density at radius 2 is 1.78 bits per heavy atom. The summed E-state index contributed by atoms with van der Waals surface area (Å²) in [5.74, 6) is 1.01. The van der Waals surface area contributed by atoms with Gasteiger partial charge >= 0.3 is 0 Å². The molecule has 0 aliphatic carbocycles. The van der Waals surface area contributed by atoms with Crippen LogP contribution in [0, 0.1) is 13.8 Å². The van der Waals surface area contributed by atoms with Gasteiger partial charge in [0, 0.05) is 12.6 Å². The fraction of sp³-hybridized carbons (Fsp3) is 0.600. The highest BCUT2D eigenvalue weighted by Gasteiger charge is 2.16. The molecule has 0 atom stereocenters. The van der Waals surface area contributed by atoms with E-state index >= 15 is 0 Å². The summed E-state index contributed by atoms with van der Waals surface area (Å²) in [6, 6.07) is 4.88. The van der Waals surface area contributed by atoms with E-state index in [1.807, 2.05) is 0 Å². The average molecular weight is 248 g/mol. The Morgan fingerprint density at radius 1 is 1.22 bits per heavy atom. The molecular weight excluding hydrogens is 224 g/mol. The van der Waals surface area contributed by atoms with Crippen molar-refractivity contribution in [2.75, 3.05) is 20.2 Å². The minimum atomic E-state index is 0.403. The van der Waals surface area contributed by atoms with E-state index in [9.17, 15) is 0 Å². The molecule has 0 spiro atoms. The van der Waals surface area contributed by atoms with Crippen LogP contribution >= 0.6 is 0 Å². The topological polar surface area (TPSA) is 38.5 Å². The quantitative estimate of drug-likeness (QED) is 0.891. The largest absolute Gasteiger partial charge is 0.496 e. The number of likely N-dealkylation sites (tertiary alicyclic amines) is 1. The van der Waals surface area contributed by atoms with Crippen LogP contribution in [0.3, 0.4) is 0 Å². The van der Waals surface area contributed by atoms with E-state index in [1.165, 1.54) is 16.7 Å². The van der Waals surface area contributed by atoms with Crippen LogP contribution in [0.2, 0.25) is 0 Å². The van der Waals surface area contributed by atoms with Gasteiger partial charge in [0.05, 0.1) is 7.11 Å². The lowest BCUT2D eigenvalue weighted by Crippen LogP contribution is -2.39. The molecule has 18 heavy (non-hydrogen) atoms. The van der Waals surface area contributed by atoms with Gasteiger partial charge in [-0.3, -0.25) is 4.90 Å². The van der Waals surface area contributed by atoms with E-state index < -0.39 is 0 Å². The maximum Gasteiger partial charge on any atom is 0.124 e. The number of nitrogens with zero attached hydrogens (tertiary/aromatic N) is 1. The van der Waals surface area contributed by atoms with Crippen molar-refractivity contribution >= 4 is 0 Å². The average Bonchev–Trinajstić information content (AvgIpc) is 2.32. The van der Waals surface area contributed by atoms with E-state index in [2.05, 4.69) is 30.9 Å². The second-order valence-electron chi connectivity index (χ2n) is 5.38. The molecule has 0 bridgehead atoms. The SMILES string of the molecule is COc1c(C)cc(CN2CCC(N)CC2)cc1C. The molecule has 1 aliphatic heterocycles. The van der Waals surface area contributed by atoms with Crippen LogP contribution in [0.15, 0.2) is 12.1 Å². The summed E-state index contributed by atoms with van der Waals surface area (Å²) in [5, 5.41) is 0. The molecule has 2 rings (SSSR count). The molecule has 0 unspecified atom stereocenters. The third-order valence-electron chi connectivity index (χ3n) is 3.76. The molecule has 3 nitrogen and oxygen atoms in total. The van der Waals surface area contributed by atoms with E-state index in [0.717, 1.165) is 38.2 Å². The van der Waals surface area contributed by atoms with Gasteiger partial charge in [0.25, 0.3) is 0 Å². The van der Waals surface area contributed by atoms with E-state index in [1.54, 1.807) is 7.11 Å². The number of ether oxygens (including phenoxy) is 1. The van der Waals surface area contributed by atoms with Gasteiger partial charge in [0.15, 0.2) is 0 Å². The maximum atomic E-state index is 5.93. The molecule has 1 aliphatic rings. The molecule has 2 N–H and O–H groups in total. The van der Waals surface area contributed by atoms with Crippen LogP contribution in [-0.4, -0.2) is 31.1 Å². The van der Waals surface area contributed by atoms with E-state index in [-0.39, 0.29) is 0 Å². The Labute approximate surface area is 110 Å². The summed E-state index contributed by atoms with van der Waals surface area (Å²) in [5.41, 5.74) is 9.76. The van der Waals surface area contributed by atoms with Gasteiger partial charge in [0.2, 0.25) is 0 Å². The van der Waals surface area contributed by atoms with Gasteiger partial charge in [0.1, 0.15) is 5.75 Å². The first kappa shape index (κ1) is 13.4. The standard InChI is InChI=1S/C15H24N2O/c1-11-8-13(9-12(2)15(11)18-3)10-17-6-4-14(16)5-7-17/h8-9,14H,4-7,10,16H2,1-3H3. The zero-order valence-electron chi connectivity index (χ0n) is 11.7. The zero-order chi connectivity index (χ0) is 13.1. The van der Waals surface area contributed by atoms with Crippen LogP contribution in [-0.2, 0) is 6.54 Å². The Kier molecular flexibility index (Phi) is 4.25. The highest BCUT2D eigenvalue weighted by molar-refractivity contribution is 5.43. The highest BCUT2D eigenvalue weighted by atomic mass is 16.5. The minimum Gasteiger partial charge on any atom is -0.496 e. The highest BCUT2D eigenvalue weighted by Crippen LogP contribution is 2.25. The van der Waals surface area contributed by atoms with Crippen molar-refractivity contribution < 1.29 is 4.74 Å². The van der Waals surface area contributed by atoms with Gasteiger partial charge in [-0.05, 0) is 56.5 Å². The molecule has 100 valence electrons. The lowest BCUT2D eigenvalue weighted by atomic mass is 10.0. The number of piperidine rings is 1. The molecule has 1 saturated heterocycles. The fourth-order valence-electron chi connectivity index (χ4n) is 2.82. The first-order valence-electron chi connectivity index (χ1n) is 6.72. The monoisotopic (exact) mass is 248 g/mol. The van der Waals surface area contributed by atoms with Crippen LogP contribution in [0.4, 0.5) is 0 Å². The smallest absolute Gasteiger partial charge is 0.124 e. The summed E-state index contributed by atoms with van der Waals surface area (Å²) < 4.78 is 5.40. The van der Waals surface area contributed by atoms with Crippen molar-refractivity contribution in [3.63, 3.8) is 0 Å². The second kappa shape index (κ2) is 5.72. The maximum absolute atomic E-state index is 5.93. The third kappa shape index (κ3) is 3.03. The summed E-state index contributed by atoms with van der Waals surface area (Å²) in [6.07, 6.45) is 2.24. The molecule has 1 heterocycles. The van der Waals surface area contributed by atoms with Crippen LogP contribution in [0.5, 0.6) is 5.75 Å². The summed E-state index contributed by atoms with van der Waals surface area (Å²) in [4.78, 5) is 2.49. The predicted molar refractivity (Wildman–Crippen MR) is 75.0 cm³/mol. The molecule has 1 fully saturated rings. The molecule has 0 aromatic heterocycles. The molecule has 0 saturated carbocycles. The number of hydrogen-bond donors (Lipinski definition) is 1. The summed E-state index contributed by atoms with van der Waals surface area (Å²) in [7, 11) is 1.74. The van der Waals surface area contributed by atoms with E-state index in [0.29, 0.717) is 6.04 Å². The van der Waals surface area contributed by atoms with Gasteiger partial charge in [-0.1, -0.05) is 12.1 Å². The third-order valence-corrected chi connectivity index (χ3v) is 3.76. The second-order valence-corrected chi connectivity index (χ2v) is 5.38. The van der Waals surface area contributed by atoms with Gasteiger partial charge in [-0.15, -0.1) is 0 Å². The number of nitrogens with two attached hydrogens (primary N) is 1. The molecule has 0 radical (unpaired) electrons. The van der Waals surface area contributed by atoms with Gasteiger partial charge in [-0.2, -0.15) is 0 Å². The predicted octanol–water partition coefficient (Wildman–Crippen LogP) is 2.24. The molecule has 1 aromatic rings. The number of methoxy groups -OCH3 is 1. The Hall–Kier alpha value is -1.06. The van der Waals surface area contributed by atoms with Crippen molar-refractivity contribution in [2.24, 2.45) is 5.73 Å². The first-order chi connectivity index (χ1) is 8.60. The van der Waals surface area contributed by atoms with Gasteiger partial charge < -0.3 is 10.5 Å². The van der Waals surface area contributed by atoms with Crippen LogP contribution in [0.1, 0.15) is 29.5 Å². The molecular formula is C15H24N2O. The summed E-state index contributed by atoms with van der Waals surface area (Å²) in [6.45, 7) is 7.48. The molecule has 0 amide bonds. The lowest BCUT2D eigenvalue weighted by Gasteiger charge is -2.30. The van der Waals surface area contributed by atoms with E-state index in [4.69, 9.17) is 10.5 Å². The number of rotatable bonds is 3. The zero-order valence-corrected chi connectivity index (χ0v) is 11.7. The summed E-state index contributed by atoms with van der Waals surface area (Å²) >= 11 is 0. The van der Waals surface area contributed by atoms with Crippen LogP contribution < -0.4 is 10.5 Å². The Bertz CT molecular complexity index is 386.